The predicted molar refractivity (Wildman–Crippen MR) is 75.2 cm³/mol. The summed E-state index contributed by atoms with van der Waals surface area (Å²) in [5, 5.41) is 8.98. The van der Waals surface area contributed by atoms with Gasteiger partial charge in [0.25, 0.3) is 0 Å². The van der Waals surface area contributed by atoms with Crippen LogP contribution >= 0.6 is 0 Å². The maximum Gasteiger partial charge on any atom is 0.326 e. The molecule has 0 radical (unpaired) electrons. The number of aliphatic carboxylic acids is 1. The van der Waals surface area contributed by atoms with Crippen LogP contribution in [-0.2, 0) is 24.3 Å². The molecule has 0 aromatic rings. The average molecular weight is 322 g/mol. The second kappa shape index (κ2) is 7.71. The van der Waals surface area contributed by atoms with Crippen LogP contribution in [0.15, 0.2) is 0 Å². The molecule has 122 valence electrons. The lowest BCUT2D eigenvalue weighted by molar-refractivity contribution is -0.147. The summed E-state index contributed by atoms with van der Waals surface area (Å²) in [6, 6.07) is -0.855. The Bertz CT molecular complexity index is 476. The summed E-state index contributed by atoms with van der Waals surface area (Å²) in [5.74, 6) is -1.82. The summed E-state index contributed by atoms with van der Waals surface area (Å²) in [6.45, 7) is 3.55. The Morgan fingerprint density at radius 3 is 2.67 bits per heavy atom. The number of hydrogen-bond donors (Lipinski definition) is 2. The van der Waals surface area contributed by atoms with Crippen LogP contribution < -0.4 is 4.72 Å². The van der Waals surface area contributed by atoms with Crippen molar-refractivity contribution in [3.63, 3.8) is 0 Å². The lowest BCUT2D eigenvalue weighted by Gasteiger charge is -2.21. The first kappa shape index (κ1) is 17.9. The largest absolute Gasteiger partial charge is 0.480 e. The van der Waals surface area contributed by atoms with E-state index in [0.717, 1.165) is 0 Å². The summed E-state index contributed by atoms with van der Waals surface area (Å²) in [5.41, 5.74) is 0. The van der Waals surface area contributed by atoms with E-state index in [1.54, 1.807) is 13.8 Å². The van der Waals surface area contributed by atoms with Crippen LogP contribution in [0.25, 0.3) is 0 Å². The van der Waals surface area contributed by atoms with E-state index in [0.29, 0.717) is 19.4 Å². The van der Waals surface area contributed by atoms with E-state index in [1.165, 1.54) is 4.90 Å². The standard InChI is InChI=1S/C12H22N2O6S/c1-9(2)20-6-7-21(18,19)13-8-11(15)14-5-3-4-10(14)12(16)17/h9-10,13H,3-8H2,1-2H3,(H,16,17)/t10-/m1/s1. The molecule has 0 aliphatic carbocycles. The Labute approximate surface area is 124 Å². The van der Waals surface area contributed by atoms with E-state index in [4.69, 9.17) is 9.84 Å². The molecule has 0 spiro atoms. The van der Waals surface area contributed by atoms with Gasteiger partial charge in [-0.15, -0.1) is 0 Å². The van der Waals surface area contributed by atoms with Crippen LogP contribution in [0.5, 0.6) is 0 Å². The van der Waals surface area contributed by atoms with E-state index in [9.17, 15) is 18.0 Å². The molecule has 1 aliphatic rings. The maximum atomic E-state index is 11.9. The third-order valence-electron chi connectivity index (χ3n) is 3.10. The first-order chi connectivity index (χ1) is 9.73. The van der Waals surface area contributed by atoms with Gasteiger partial charge in [0.2, 0.25) is 15.9 Å². The molecule has 0 bridgehead atoms. The highest BCUT2D eigenvalue weighted by Crippen LogP contribution is 2.17. The van der Waals surface area contributed by atoms with Gasteiger partial charge in [0.15, 0.2) is 0 Å². The molecule has 0 unspecified atom stereocenters. The van der Waals surface area contributed by atoms with Crippen molar-refractivity contribution in [2.45, 2.75) is 38.8 Å². The molecule has 8 nitrogen and oxygen atoms in total. The fourth-order valence-electron chi connectivity index (χ4n) is 2.06. The topological polar surface area (TPSA) is 113 Å². The lowest BCUT2D eigenvalue weighted by Crippen LogP contribution is -2.45. The first-order valence-corrected chi connectivity index (χ1v) is 8.49. The van der Waals surface area contributed by atoms with Crippen LogP contribution in [0.3, 0.4) is 0 Å². The molecule has 1 saturated heterocycles. The Morgan fingerprint density at radius 2 is 2.10 bits per heavy atom. The fourth-order valence-corrected chi connectivity index (χ4v) is 2.86. The molecule has 1 atom stereocenters. The summed E-state index contributed by atoms with van der Waals surface area (Å²) in [7, 11) is -3.61. The Balaban J connectivity index is 2.43. The molecule has 1 heterocycles. The highest BCUT2D eigenvalue weighted by molar-refractivity contribution is 7.89. The van der Waals surface area contributed by atoms with Gasteiger partial charge in [-0.1, -0.05) is 0 Å². The minimum atomic E-state index is -3.61. The number of nitrogens with zero attached hydrogens (tertiary/aromatic N) is 1. The Kier molecular flexibility index (Phi) is 6.56. The van der Waals surface area contributed by atoms with Crippen molar-refractivity contribution < 1.29 is 27.9 Å². The SMILES string of the molecule is CC(C)OCCS(=O)(=O)NCC(=O)N1CCC[C@@H]1C(=O)O. The summed E-state index contributed by atoms with van der Waals surface area (Å²) < 4.78 is 30.7. The number of sulfonamides is 1. The number of ether oxygens (including phenoxy) is 1. The van der Waals surface area contributed by atoms with Crippen molar-refractivity contribution in [2.24, 2.45) is 0 Å². The summed E-state index contributed by atoms with van der Waals surface area (Å²) >= 11 is 0. The van der Waals surface area contributed by atoms with Crippen molar-refractivity contribution in [2.75, 3.05) is 25.4 Å². The molecule has 1 amide bonds. The second-order valence-electron chi connectivity index (χ2n) is 5.14. The molecule has 0 aromatic carbocycles. The minimum absolute atomic E-state index is 0.0443. The van der Waals surface area contributed by atoms with Crippen molar-refractivity contribution in [1.82, 2.24) is 9.62 Å². The molecular formula is C12H22N2O6S. The van der Waals surface area contributed by atoms with Gasteiger partial charge >= 0.3 is 5.97 Å². The van der Waals surface area contributed by atoms with Gasteiger partial charge in [0, 0.05) is 6.54 Å². The van der Waals surface area contributed by atoms with Crippen molar-refractivity contribution >= 4 is 21.9 Å². The highest BCUT2D eigenvalue weighted by atomic mass is 32.2. The minimum Gasteiger partial charge on any atom is -0.480 e. The zero-order valence-corrected chi connectivity index (χ0v) is 13.1. The molecule has 1 aliphatic heterocycles. The number of carbonyl (C=O) groups is 2. The van der Waals surface area contributed by atoms with Crippen LogP contribution in [0.1, 0.15) is 26.7 Å². The highest BCUT2D eigenvalue weighted by Gasteiger charge is 2.33. The number of nitrogens with one attached hydrogen (secondary N) is 1. The molecule has 0 aromatic heterocycles. The molecule has 9 heteroatoms. The van der Waals surface area contributed by atoms with Gasteiger partial charge in [-0.25, -0.2) is 17.9 Å². The average Bonchev–Trinajstić information content (AvgIpc) is 2.84. The number of carboxylic acid groups (broad SMARTS) is 1. The van der Waals surface area contributed by atoms with Crippen molar-refractivity contribution in [3.8, 4) is 0 Å². The molecule has 1 rings (SSSR count). The number of hydrogen-bond acceptors (Lipinski definition) is 5. The van der Waals surface area contributed by atoms with Crippen molar-refractivity contribution in [1.29, 1.82) is 0 Å². The number of rotatable bonds is 8. The summed E-state index contributed by atoms with van der Waals surface area (Å²) in [6.07, 6.45) is 0.941. The van der Waals surface area contributed by atoms with Gasteiger partial charge in [-0.05, 0) is 26.7 Å². The van der Waals surface area contributed by atoms with E-state index in [1.807, 2.05) is 0 Å². The zero-order valence-electron chi connectivity index (χ0n) is 12.2. The molecular weight excluding hydrogens is 300 g/mol. The monoisotopic (exact) mass is 322 g/mol. The van der Waals surface area contributed by atoms with Crippen LogP contribution in [-0.4, -0.2) is 67.9 Å². The smallest absolute Gasteiger partial charge is 0.326 e. The van der Waals surface area contributed by atoms with E-state index < -0.39 is 34.5 Å². The normalized spacial score (nSPS) is 19.2. The third-order valence-corrected chi connectivity index (χ3v) is 4.39. The van der Waals surface area contributed by atoms with Gasteiger partial charge in [0.1, 0.15) is 6.04 Å². The Hall–Kier alpha value is -1.19. The van der Waals surface area contributed by atoms with Gasteiger partial charge in [-0.2, -0.15) is 0 Å². The second-order valence-corrected chi connectivity index (χ2v) is 7.07. The van der Waals surface area contributed by atoms with Gasteiger partial charge < -0.3 is 14.7 Å². The number of likely N-dealkylation sites (tertiary alicyclic amines) is 1. The quantitative estimate of drug-likeness (QED) is 0.617. The summed E-state index contributed by atoms with van der Waals surface area (Å²) in [4.78, 5) is 24.1. The Morgan fingerprint density at radius 1 is 1.43 bits per heavy atom. The fraction of sp³-hybridized carbons (Fsp3) is 0.833. The number of carboxylic acids is 1. The van der Waals surface area contributed by atoms with Gasteiger partial charge in [0.05, 0.1) is 25.0 Å². The van der Waals surface area contributed by atoms with Gasteiger partial charge in [-0.3, -0.25) is 4.79 Å². The molecule has 1 fully saturated rings. The molecule has 2 N–H and O–H groups in total. The zero-order chi connectivity index (χ0) is 16.0. The van der Waals surface area contributed by atoms with Crippen LogP contribution in [0.4, 0.5) is 0 Å². The molecule has 21 heavy (non-hydrogen) atoms. The number of amides is 1. The third kappa shape index (κ3) is 5.98. The lowest BCUT2D eigenvalue weighted by atomic mass is 10.2. The maximum absolute atomic E-state index is 11.9. The van der Waals surface area contributed by atoms with E-state index >= 15 is 0 Å². The van der Waals surface area contributed by atoms with E-state index in [-0.39, 0.29) is 18.5 Å². The number of carbonyl (C=O) groups excluding carboxylic acids is 1. The molecule has 0 saturated carbocycles. The first-order valence-electron chi connectivity index (χ1n) is 6.84. The van der Waals surface area contributed by atoms with Crippen LogP contribution in [0, 0.1) is 0 Å². The van der Waals surface area contributed by atoms with Crippen LogP contribution in [0.2, 0.25) is 0 Å². The van der Waals surface area contributed by atoms with E-state index in [2.05, 4.69) is 4.72 Å². The predicted octanol–water partition coefficient (Wildman–Crippen LogP) is -0.594. The van der Waals surface area contributed by atoms with Crippen molar-refractivity contribution in [3.05, 3.63) is 0 Å².